The molecule has 2 N–H and O–H groups in total. The van der Waals surface area contributed by atoms with E-state index in [2.05, 4.69) is 44.5 Å². The Bertz CT molecular complexity index is 825. The van der Waals surface area contributed by atoms with Crippen molar-refractivity contribution in [1.29, 1.82) is 0 Å². The number of hydrogen-bond donors (Lipinski definition) is 2. The Morgan fingerprint density at radius 3 is 2.80 bits per heavy atom. The van der Waals surface area contributed by atoms with E-state index in [0.29, 0.717) is 5.95 Å². The van der Waals surface area contributed by atoms with Crippen molar-refractivity contribution < 1.29 is 4.79 Å². The summed E-state index contributed by atoms with van der Waals surface area (Å²) in [6, 6.07) is 18.2. The molecule has 0 bridgehead atoms. The number of aromatic nitrogens is 2. The number of fused-ring (bicyclic) bond motifs is 1. The zero-order valence-corrected chi connectivity index (χ0v) is 14.1. The standard InChI is InChI=1S/C20H22N4O/c25-19(23-20-21-17-10-4-5-11-18(17)22-20)16-9-6-12-24(14-16)13-15-7-2-1-3-8-15/h1-5,7-8,10-11,16H,6,9,12-14H2,(H2,21,22,23,25). The third-order valence-electron chi connectivity index (χ3n) is 4.76. The Balaban J connectivity index is 1.39. The number of anilines is 1. The number of nitrogens with zero attached hydrogens (tertiary/aromatic N) is 2. The van der Waals surface area contributed by atoms with E-state index in [-0.39, 0.29) is 11.8 Å². The third-order valence-corrected chi connectivity index (χ3v) is 4.76. The van der Waals surface area contributed by atoms with E-state index in [1.807, 2.05) is 30.3 Å². The maximum Gasteiger partial charge on any atom is 0.231 e. The zero-order valence-electron chi connectivity index (χ0n) is 14.1. The van der Waals surface area contributed by atoms with Crippen LogP contribution in [0, 0.1) is 5.92 Å². The molecule has 1 saturated heterocycles. The lowest BCUT2D eigenvalue weighted by atomic mass is 9.96. The second kappa shape index (κ2) is 7.07. The van der Waals surface area contributed by atoms with E-state index in [9.17, 15) is 4.79 Å². The van der Waals surface area contributed by atoms with E-state index in [0.717, 1.165) is 43.5 Å². The maximum absolute atomic E-state index is 12.6. The second-order valence-corrected chi connectivity index (χ2v) is 6.65. The van der Waals surface area contributed by atoms with Crippen LogP contribution in [0.1, 0.15) is 18.4 Å². The van der Waals surface area contributed by atoms with Crippen LogP contribution < -0.4 is 5.32 Å². The van der Waals surface area contributed by atoms with Crippen molar-refractivity contribution in [3.8, 4) is 0 Å². The summed E-state index contributed by atoms with van der Waals surface area (Å²) < 4.78 is 0. The lowest BCUT2D eigenvalue weighted by Crippen LogP contribution is -2.40. The zero-order chi connectivity index (χ0) is 17.1. The number of likely N-dealkylation sites (tertiary alicyclic amines) is 1. The largest absolute Gasteiger partial charge is 0.324 e. The first-order chi connectivity index (χ1) is 12.3. The summed E-state index contributed by atoms with van der Waals surface area (Å²) in [6.07, 6.45) is 1.97. The lowest BCUT2D eigenvalue weighted by molar-refractivity contribution is -0.121. The Morgan fingerprint density at radius 1 is 1.16 bits per heavy atom. The molecule has 2 heterocycles. The van der Waals surface area contributed by atoms with Gasteiger partial charge in [0.2, 0.25) is 11.9 Å². The highest BCUT2D eigenvalue weighted by Gasteiger charge is 2.26. The molecule has 5 heteroatoms. The minimum Gasteiger partial charge on any atom is -0.324 e. The smallest absolute Gasteiger partial charge is 0.231 e. The Kier molecular flexibility index (Phi) is 4.48. The van der Waals surface area contributed by atoms with Crippen LogP contribution in [0.2, 0.25) is 0 Å². The molecule has 0 spiro atoms. The summed E-state index contributed by atoms with van der Waals surface area (Å²) in [5, 5.41) is 2.95. The third kappa shape index (κ3) is 3.72. The summed E-state index contributed by atoms with van der Waals surface area (Å²) in [4.78, 5) is 22.6. The number of H-pyrrole nitrogens is 1. The molecule has 1 aliphatic heterocycles. The molecule has 0 radical (unpaired) electrons. The van der Waals surface area contributed by atoms with E-state index in [1.165, 1.54) is 5.56 Å². The van der Waals surface area contributed by atoms with Gasteiger partial charge in [-0.2, -0.15) is 0 Å². The molecule has 1 fully saturated rings. The highest BCUT2D eigenvalue weighted by molar-refractivity contribution is 5.92. The molecular weight excluding hydrogens is 312 g/mol. The lowest BCUT2D eigenvalue weighted by Gasteiger charge is -2.31. The van der Waals surface area contributed by atoms with Gasteiger partial charge in [-0.15, -0.1) is 0 Å². The molecule has 5 nitrogen and oxygen atoms in total. The van der Waals surface area contributed by atoms with Gasteiger partial charge < -0.3 is 4.98 Å². The number of nitrogens with one attached hydrogen (secondary N) is 2. The van der Waals surface area contributed by atoms with Crippen LogP contribution in [-0.2, 0) is 11.3 Å². The quantitative estimate of drug-likeness (QED) is 0.768. The SMILES string of the molecule is O=C(Nc1nc2ccccc2[nH]1)C1CCCN(Cc2ccccc2)C1. The normalized spacial score (nSPS) is 18.3. The van der Waals surface area contributed by atoms with Crippen LogP contribution in [0.15, 0.2) is 54.6 Å². The summed E-state index contributed by atoms with van der Waals surface area (Å²) >= 11 is 0. The number of amides is 1. The molecule has 2 aromatic carbocycles. The summed E-state index contributed by atoms with van der Waals surface area (Å²) in [5.74, 6) is 0.592. The number of carbonyl (C=O) groups is 1. The predicted octanol–water partition coefficient (Wildman–Crippen LogP) is 3.41. The molecule has 0 saturated carbocycles. The molecule has 1 unspecified atom stereocenters. The summed E-state index contributed by atoms with van der Waals surface area (Å²) in [7, 11) is 0. The highest BCUT2D eigenvalue weighted by Crippen LogP contribution is 2.21. The molecule has 1 aromatic heterocycles. The molecular formula is C20H22N4O. The van der Waals surface area contributed by atoms with Gasteiger partial charge in [0.05, 0.1) is 17.0 Å². The van der Waals surface area contributed by atoms with Crippen molar-refractivity contribution in [2.45, 2.75) is 19.4 Å². The minimum atomic E-state index is 0.00525. The number of piperidine rings is 1. The van der Waals surface area contributed by atoms with Gasteiger partial charge in [0.1, 0.15) is 0 Å². The minimum absolute atomic E-state index is 0.00525. The number of imidazole rings is 1. The van der Waals surface area contributed by atoms with Crippen molar-refractivity contribution in [2.75, 3.05) is 18.4 Å². The fraction of sp³-hybridized carbons (Fsp3) is 0.300. The fourth-order valence-corrected chi connectivity index (χ4v) is 3.49. The van der Waals surface area contributed by atoms with Crippen LogP contribution in [-0.4, -0.2) is 33.9 Å². The molecule has 1 amide bonds. The summed E-state index contributed by atoms with van der Waals surface area (Å²) in [6.45, 7) is 2.74. The van der Waals surface area contributed by atoms with Crippen molar-refractivity contribution in [3.05, 3.63) is 60.2 Å². The second-order valence-electron chi connectivity index (χ2n) is 6.65. The number of aromatic amines is 1. The molecule has 128 valence electrons. The van der Waals surface area contributed by atoms with Gasteiger partial charge in [-0.05, 0) is 37.1 Å². The van der Waals surface area contributed by atoms with Crippen LogP contribution in [0.5, 0.6) is 0 Å². The molecule has 1 atom stereocenters. The predicted molar refractivity (Wildman–Crippen MR) is 99.2 cm³/mol. The Labute approximate surface area is 147 Å². The first-order valence-corrected chi connectivity index (χ1v) is 8.80. The van der Waals surface area contributed by atoms with Gasteiger partial charge in [-0.3, -0.25) is 15.0 Å². The first-order valence-electron chi connectivity index (χ1n) is 8.80. The Morgan fingerprint density at radius 2 is 1.96 bits per heavy atom. The van der Waals surface area contributed by atoms with E-state index >= 15 is 0 Å². The average molecular weight is 334 g/mol. The monoisotopic (exact) mass is 334 g/mol. The fourth-order valence-electron chi connectivity index (χ4n) is 3.49. The van der Waals surface area contributed by atoms with Crippen LogP contribution in [0.3, 0.4) is 0 Å². The number of hydrogen-bond acceptors (Lipinski definition) is 3. The van der Waals surface area contributed by atoms with Gasteiger partial charge in [0.25, 0.3) is 0 Å². The van der Waals surface area contributed by atoms with E-state index in [4.69, 9.17) is 0 Å². The highest BCUT2D eigenvalue weighted by atomic mass is 16.2. The number of carbonyl (C=O) groups excluding carboxylic acids is 1. The van der Waals surface area contributed by atoms with Crippen molar-refractivity contribution in [3.63, 3.8) is 0 Å². The van der Waals surface area contributed by atoms with Gasteiger partial charge in [0, 0.05) is 13.1 Å². The average Bonchev–Trinajstić information content (AvgIpc) is 3.05. The molecule has 1 aliphatic rings. The van der Waals surface area contributed by atoms with Gasteiger partial charge in [0.15, 0.2) is 0 Å². The van der Waals surface area contributed by atoms with Gasteiger partial charge >= 0.3 is 0 Å². The van der Waals surface area contributed by atoms with Gasteiger partial charge in [-0.25, -0.2) is 4.98 Å². The molecule has 25 heavy (non-hydrogen) atoms. The van der Waals surface area contributed by atoms with Crippen LogP contribution in [0.4, 0.5) is 5.95 Å². The molecule has 0 aliphatic carbocycles. The Hall–Kier alpha value is -2.66. The van der Waals surface area contributed by atoms with Crippen LogP contribution >= 0.6 is 0 Å². The van der Waals surface area contributed by atoms with E-state index < -0.39 is 0 Å². The number of rotatable bonds is 4. The van der Waals surface area contributed by atoms with Crippen molar-refractivity contribution in [1.82, 2.24) is 14.9 Å². The molecule has 3 aromatic rings. The van der Waals surface area contributed by atoms with Crippen molar-refractivity contribution >= 4 is 22.9 Å². The number of benzene rings is 2. The maximum atomic E-state index is 12.6. The molecule has 4 rings (SSSR count). The first kappa shape index (κ1) is 15.8. The van der Waals surface area contributed by atoms with E-state index in [1.54, 1.807) is 0 Å². The number of para-hydroxylation sites is 2. The van der Waals surface area contributed by atoms with Crippen molar-refractivity contribution in [2.24, 2.45) is 5.92 Å². The van der Waals surface area contributed by atoms with Gasteiger partial charge in [-0.1, -0.05) is 42.5 Å². The van der Waals surface area contributed by atoms with Crippen LogP contribution in [0.25, 0.3) is 11.0 Å². The topological polar surface area (TPSA) is 61.0 Å². The summed E-state index contributed by atoms with van der Waals surface area (Å²) in [5.41, 5.74) is 3.10.